The van der Waals surface area contributed by atoms with Crippen LogP contribution in [0.1, 0.15) is 23.1 Å². The predicted octanol–water partition coefficient (Wildman–Crippen LogP) is 3.50. The quantitative estimate of drug-likeness (QED) is 0.667. The molecule has 2 aromatic carbocycles. The Morgan fingerprint density at radius 2 is 1.88 bits per heavy atom. The summed E-state index contributed by atoms with van der Waals surface area (Å²) in [5.74, 6) is 1.93. The molecule has 0 unspecified atom stereocenters. The van der Waals surface area contributed by atoms with Gasteiger partial charge in [0.1, 0.15) is 11.6 Å². The van der Waals surface area contributed by atoms with Crippen molar-refractivity contribution in [1.29, 1.82) is 0 Å². The van der Waals surface area contributed by atoms with Gasteiger partial charge in [0, 0.05) is 29.1 Å². The highest BCUT2D eigenvalue weighted by Gasteiger charge is 2.08. The highest BCUT2D eigenvalue weighted by atomic mass is 35.5. The van der Waals surface area contributed by atoms with Crippen LogP contribution in [-0.2, 0) is 6.42 Å². The molecule has 0 spiro atoms. The number of carbonyl (C=O) groups is 1. The van der Waals surface area contributed by atoms with Crippen LogP contribution in [0, 0.1) is 0 Å². The summed E-state index contributed by atoms with van der Waals surface area (Å²) < 4.78 is 5.37. The molecule has 3 rings (SSSR count). The van der Waals surface area contributed by atoms with Crippen molar-refractivity contribution in [2.45, 2.75) is 13.3 Å². The minimum atomic E-state index is -0.134. The highest BCUT2D eigenvalue weighted by Crippen LogP contribution is 2.17. The summed E-state index contributed by atoms with van der Waals surface area (Å²) in [6.45, 7) is 2.98. The van der Waals surface area contributed by atoms with E-state index in [2.05, 4.69) is 20.5 Å². The zero-order chi connectivity index (χ0) is 18.4. The number of amides is 1. The van der Waals surface area contributed by atoms with Gasteiger partial charge in [0.2, 0.25) is 0 Å². The lowest BCUT2D eigenvalue weighted by atomic mass is 10.2. The number of rotatable bonds is 7. The van der Waals surface area contributed by atoms with Crippen molar-refractivity contribution in [3.05, 3.63) is 64.9 Å². The molecule has 0 fully saturated rings. The van der Waals surface area contributed by atoms with Crippen molar-refractivity contribution < 1.29 is 9.53 Å². The molecule has 26 heavy (non-hydrogen) atoms. The smallest absolute Gasteiger partial charge is 0.251 e. The van der Waals surface area contributed by atoms with E-state index < -0.39 is 0 Å². The Labute approximate surface area is 156 Å². The van der Waals surface area contributed by atoms with Gasteiger partial charge in [-0.25, -0.2) is 4.98 Å². The van der Waals surface area contributed by atoms with Crippen molar-refractivity contribution in [2.75, 3.05) is 13.2 Å². The number of aromatic nitrogens is 3. The maximum Gasteiger partial charge on any atom is 0.251 e. The molecule has 7 heteroatoms. The standard InChI is InChI=1S/C19H19ClN4O2/c1-2-26-16-9-5-14(6-10-16)19(25)21-12-11-17-22-18(24-23-17)13-3-7-15(20)8-4-13/h3-10H,2,11-12H2,1H3,(H,21,25)(H,22,23,24). The predicted molar refractivity (Wildman–Crippen MR) is 100 cm³/mol. The van der Waals surface area contributed by atoms with Crippen LogP contribution in [0.25, 0.3) is 11.4 Å². The summed E-state index contributed by atoms with van der Waals surface area (Å²) in [6, 6.07) is 14.4. The van der Waals surface area contributed by atoms with Gasteiger partial charge in [-0.15, -0.1) is 0 Å². The Bertz CT molecular complexity index is 860. The SMILES string of the molecule is CCOc1ccc(C(=O)NCCc2nc(-c3ccc(Cl)cc3)n[nH]2)cc1. The summed E-state index contributed by atoms with van der Waals surface area (Å²) in [6.07, 6.45) is 0.559. The summed E-state index contributed by atoms with van der Waals surface area (Å²) >= 11 is 5.88. The highest BCUT2D eigenvalue weighted by molar-refractivity contribution is 6.30. The number of ether oxygens (including phenoxy) is 1. The van der Waals surface area contributed by atoms with E-state index in [1.54, 1.807) is 36.4 Å². The van der Waals surface area contributed by atoms with Gasteiger partial charge < -0.3 is 10.1 Å². The van der Waals surface area contributed by atoms with E-state index in [4.69, 9.17) is 16.3 Å². The summed E-state index contributed by atoms with van der Waals surface area (Å²) in [4.78, 5) is 16.6. The van der Waals surface area contributed by atoms with E-state index in [1.807, 2.05) is 19.1 Å². The Kier molecular flexibility index (Phi) is 5.86. The van der Waals surface area contributed by atoms with E-state index >= 15 is 0 Å². The molecule has 0 aliphatic heterocycles. The van der Waals surface area contributed by atoms with Crippen LogP contribution < -0.4 is 10.1 Å². The molecule has 0 saturated carbocycles. The van der Waals surface area contributed by atoms with E-state index in [1.165, 1.54) is 0 Å². The van der Waals surface area contributed by atoms with Crippen molar-refractivity contribution in [3.63, 3.8) is 0 Å². The third-order valence-corrected chi connectivity index (χ3v) is 3.96. The van der Waals surface area contributed by atoms with Crippen molar-refractivity contribution >= 4 is 17.5 Å². The lowest BCUT2D eigenvalue weighted by Gasteiger charge is -2.06. The minimum Gasteiger partial charge on any atom is -0.494 e. The largest absolute Gasteiger partial charge is 0.494 e. The molecule has 3 aromatic rings. The first-order valence-corrected chi connectivity index (χ1v) is 8.72. The number of aromatic amines is 1. The summed E-state index contributed by atoms with van der Waals surface area (Å²) in [7, 11) is 0. The molecule has 0 radical (unpaired) electrons. The van der Waals surface area contributed by atoms with Crippen LogP contribution in [0.4, 0.5) is 0 Å². The first-order chi connectivity index (χ1) is 12.7. The van der Waals surface area contributed by atoms with Gasteiger partial charge in [-0.1, -0.05) is 11.6 Å². The van der Waals surface area contributed by atoms with Gasteiger partial charge in [-0.05, 0) is 55.5 Å². The normalized spacial score (nSPS) is 10.5. The third-order valence-electron chi connectivity index (χ3n) is 3.71. The molecule has 2 N–H and O–H groups in total. The van der Waals surface area contributed by atoms with Crippen LogP contribution in [-0.4, -0.2) is 34.2 Å². The molecule has 6 nitrogen and oxygen atoms in total. The molecule has 134 valence electrons. The number of nitrogens with one attached hydrogen (secondary N) is 2. The van der Waals surface area contributed by atoms with E-state index in [0.717, 1.165) is 11.3 Å². The monoisotopic (exact) mass is 370 g/mol. The number of carbonyl (C=O) groups excluding carboxylic acids is 1. The van der Waals surface area contributed by atoms with Gasteiger partial charge in [0.25, 0.3) is 5.91 Å². The average Bonchev–Trinajstić information content (AvgIpc) is 3.12. The molecule has 1 amide bonds. The second-order valence-corrected chi connectivity index (χ2v) is 6.01. The van der Waals surface area contributed by atoms with Gasteiger partial charge in [-0.3, -0.25) is 9.89 Å². The van der Waals surface area contributed by atoms with E-state index in [-0.39, 0.29) is 5.91 Å². The van der Waals surface area contributed by atoms with Gasteiger partial charge in [0.05, 0.1) is 6.61 Å². The van der Waals surface area contributed by atoms with Crippen LogP contribution in [0.5, 0.6) is 5.75 Å². The fraction of sp³-hybridized carbons (Fsp3) is 0.211. The molecule has 1 heterocycles. The van der Waals surface area contributed by atoms with Crippen molar-refractivity contribution in [1.82, 2.24) is 20.5 Å². The third kappa shape index (κ3) is 4.61. The maximum absolute atomic E-state index is 12.2. The first kappa shape index (κ1) is 17.9. The van der Waals surface area contributed by atoms with E-state index in [0.29, 0.717) is 41.8 Å². The Hall–Kier alpha value is -2.86. The van der Waals surface area contributed by atoms with Crippen molar-refractivity contribution in [2.24, 2.45) is 0 Å². The number of nitrogens with zero attached hydrogens (tertiary/aromatic N) is 2. The van der Waals surface area contributed by atoms with E-state index in [9.17, 15) is 4.79 Å². The lowest BCUT2D eigenvalue weighted by Crippen LogP contribution is -2.25. The summed E-state index contributed by atoms with van der Waals surface area (Å²) in [5.41, 5.74) is 1.48. The van der Waals surface area contributed by atoms with Gasteiger partial charge in [0.15, 0.2) is 5.82 Å². The second kappa shape index (κ2) is 8.49. The van der Waals surface area contributed by atoms with Crippen LogP contribution >= 0.6 is 11.6 Å². The first-order valence-electron chi connectivity index (χ1n) is 8.34. The van der Waals surface area contributed by atoms with Crippen LogP contribution in [0.15, 0.2) is 48.5 Å². The molecule has 0 saturated heterocycles. The minimum absolute atomic E-state index is 0.134. The number of benzene rings is 2. The lowest BCUT2D eigenvalue weighted by molar-refractivity contribution is 0.0954. The molecule has 0 aliphatic rings. The molecule has 1 aromatic heterocycles. The Morgan fingerprint density at radius 3 is 2.58 bits per heavy atom. The fourth-order valence-corrected chi connectivity index (χ4v) is 2.53. The molecule has 0 aliphatic carbocycles. The topological polar surface area (TPSA) is 79.9 Å². The molecule has 0 atom stereocenters. The maximum atomic E-state index is 12.2. The average molecular weight is 371 g/mol. The zero-order valence-corrected chi connectivity index (χ0v) is 15.1. The second-order valence-electron chi connectivity index (χ2n) is 5.58. The number of halogens is 1. The van der Waals surface area contributed by atoms with Gasteiger partial charge in [-0.2, -0.15) is 5.10 Å². The molecular formula is C19H19ClN4O2. The number of hydrogen-bond donors (Lipinski definition) is 2. The zero-order valence-electron chi connectivity index (χ0n) is 14.3. The van der Waals surface area contributed by atoms with Gasteiger partial charge >= 0.3 is 0 Å². The number of H-pyrrole nitrogens is 1. The summed E-state index contributed by atoms with van der Waals surface area (Å²) in [5, 5.41) is 10.6. The Balaban J connectivity index is 1.51. The fourth-order valence-electron chi connectivity index (χ4n) is 2.40. The Morgan fingerprint density at radius 1 is 1.15 bits per heavy atom. The van der Waals surface area contributed by atoms with Crippen LogP contribution in [0.3, 0.4) is 0 Å². The molecular weight excluding hydrogens is 352 g/mol. The van der Waals surface area contributed by atoms with Crippen molar-refractivity contribution in [3.8, 4) is 17.1 Å². The number of hydrogen-bond acceptors (Lipinski definition) is 4. The molecule has 0 bridgehead atoms. The van der Waals surface area contributed by atoms with Crippen LogP contribution in [0.2, 0.25) is 5.02 Å².